The van der Waals surface area contributed by atoms with Crippen LogP contribution in [0.25, 0.3) is 6.08 Å². The summed E-state index contributed by atoms with van der Waals surface area (Å²) in [7, 11) is 0. The lowest BCUT2D eigenvalue weighted by molar-refractivity contribution is -0.143. The maximum absolute atomic E-state index is 13.4. The minimum atomic E-state index is -4.23. The summed E-state index contributed by atoms with van der Waals surface area (Å²) in [5, 5.41) is 2.54. The van der Waals surface area contributed by atoms with Gasteiger partial charge in [-0.2, -0.15) is 13.2 Å². The molecule has 1 aliphatic heterocycles. The molecule has 1 aliphatic rings. The zero-order valence-corrected chi connectivity index (χ0v) is 12.7. The van der Waals surface area contributed by atoms with E-state index in [9.17, 15) is 26.7 Å². The number of likely N-dealkylation sites (tertiary alicyclic amines) is 1. The van der Waals surface area contributed by atoms with Crippen LogP contribution in [0.3, 0.4) is 0 Å². The zero-order chi connectivity index (χ0) is 17.7. The lowest BCUT2D eigenvalue weighted by atomic mass is 10.1. The molecule has 1 atom stereocenters. The van der Waals surface area contributed by atoms with Gasteiger partial charge in [-0.25, -0.2) is 8.78 Å². The fraction of sp³-hybridized carbons (Fsp3) is 0.438. The third-order valence-electron chi connectivity index (χ3n) is 3.74. The third-order valence-corrected chi connectivity index (χ3v) is 3.74. The second kappa shape index (κ2) is 7.74. The Hall–Kier alpha value is -1.96. The fourth-order valence-electron chi connectivity index (χ4n) is 2.61. The first-order chi connectivity index (χ1) is 11.2. The van der Waals surface area contributed by atoms with Gasteiger partial charge in [0, 0.05) is 24.7 Å². The standard InChI is InChI=1S/C16H17F5N2O/c17-13-2-1-3-14(18)12(13)4-5-15(24)22-8-11-6-7-23(9-11)10-16(19,20)21/h1-5,11H,6-10H2,(H,22,24)/b5-4+/t11-/m0/s1. The summed E-state index contributed by atoms with van der Waals surface area (Å²) in [6, 6.07) is 3.37. The predicted molar refractivity (Wildman–Crippen MR) is 79.0 cm³/mol. The number of nitrogens with one attached hydrogen (secondary N) is 1. The Morgan fingerprint density at radius 1 is 1.29 bits per heavy atom. The largest absolute Gasteiger partial charge is 0.401 e. The van der Waals surface area contributed by atoms with Crippen molar-refractivity contribution in [2.75, 3.05) is 26.2 Å². The average Bonchev–Trinajstić information content (AvgIpc) is 2.90. The molecule has 24 heavy (non-hydrogen) atoms. The second-order valence-electron chi connectivity index (χ2n) is 5.72. The van der Waals surface area contributed by atoms with E-state index in [2.05, 4.69) is 5.32 Å². The van der Waals surface area contributed by atoms with Gasteiger partial charge < -0.3 is 5.32 Å². The van der Waals surface area contributed by atoms with Crippen LogP contribution in [0.1, 0.15) is 12.0 Å². The molecule has 1 N–H and O–H groups in total. The number of halogens is 5. The number of alkyl halides is 3. The number of nitrogens with zero attached hydrogens (tertiary/aromatic N) is 1. The molecule has 2 rings (SSSR count). The number of carbonyl (C=O) groups is 1. The zero-order valence-electron chi connectivity index (χ0n) is 12.7. The number of hydrogen-bond donors (Lipinski definition) is 1. The monoisotopic (exact) mass is 348 g/mol. The van der Waals surface area contributed by atoms with Crippen LogP contribution in [0.2, 0.25) is 0 Å². The van der Waals surface area contributed by atoms with E-state index in [1.807, 2.05) is 0 Å². The van der Waals surface area contributed by atoms with Crippen molar-refractivity contribution in [1.29, 1.82) is 0 Å². The second-order valence-corrected chi connectivity index (χ2v) is 5.72. The number of amides is 1. The van der Waals surface area contributed by atoms with Gasteiger partial charge in [-0.3, -0.25) is 9.69 Å². The molecule has 1 fully saturated rings. The first-order valence-electron chi connectivity index (χ1n) is 7.43. The highest BCUT2D eigenvalue weighted by atomic mass is 19.4. The minimum Gasteiger partial charge on any atom is -0.352 e. The Morgan fingerprint density at radius 3 is 2.58 bits per heavy atom. The topological polar surface area (TPSA) is 32.3 Å². The van der Waals surface area contributed by atoms with Crippen LogP contribution in [-0.4, -0.2) is 43.2 Å². The highest BCUT2D eigenvalue weighted by Crippen LogP contribution is 2.22. The van der Waals surface area contributed by atoms with E-state index >= 15 is 0 Å². The van der Waals surface area contributed by atoms with Crippen molar-refractivity contribution < 1.29 is 26.7 Å². The lowest BCUT2D eigenvalue weighted by Crippen LogP contribution is -2.34. The molecule has 8 heteroatoms. The number of benzene rings is 1. The number of carbonyl (C=O) groups excluding carboxylic acids is 1. The van der Waals surface area contributed by atoms with Gasteiger partial charge in [-0.15, -0.1) is 0 Å². The summed E-state index contributed by atoms with van der Waals surface area (Å²) >= 11 is 0. The summed E-state index contributed by atoms with van der Waals surface area (Å²) in [5.41, 5.74) is -0.315. The molecule has 3 nitrogen and oxygen atoms in total. The van der Waals surface area contributed by atoms with Crippen molar-refractivity contribution in [2.45, 2.75) is 12.6 Å². The fourth-order valence-corrected chi connectivity index (χ4v) is 2.61. The number of rotatable bonds is 5. The van der Waals surface area contributed by atoms with Gasteiger partial charge in [0.2, 0.25) is 5.91 Å². The van der Waals surface area contributed by atoms with Crippen LogP contribution in [-0.2, 0) is 4.79 Å². The third kappa shape index (κ3) is 5.59. The van der Waals surface area contributed by atoms with E-state index in [-0.39, 0.29) is 24.6 Å². The summed E-state index contributed by atoms with van der Waals surface area (Å²) < 4.78 is 63.7. The van der Waals surface area contributed by atoms with E-state index in [0.717, 1.165) is 24.3 Å². The van der Waals surface area contributed by atoms with Gasteiger partial charge in [0.1, 0.15) is 11.6 Å². The van der Waals surface area contributed by atoms with Gasteiger partial charge in [0.15, 0.2) is 0 Å². The van der Waals surface area contributed by atoms with Gasteiger partial charge in [-0.1, -0.05) is 6.07 Å². The molecule has 0 saturated carbocycles. The van der Waals surface area contributed by atoms with Gasteiger partial charge >= 0.3 is 6.18 Å². The van der Waals surface area contributed by atoms with Crippen LogP contribution in [0.4, 0.5) is 22.0 Å². The normalized spacial score (nSPS) is 19.1. The summed E-state index contributed by atoms with van der Waals surface area (Å²) in [6.07, 6.45) is -1.64. The smallest absolute Gasteiger partial charge is 0.352 e. The van der Waals surface area contributed by atoms with Crippen LogP contribution >= 0.6 is 0 Å². The van der Waals surface area contributed by atoms with E-state index < -0.39 is 30.3 Å². The highest BCUT2D eigenvalue weighted by Gasteiger charge is 2.34. The Balaban J connectivity index is 1.79. The molecule has 1 heterocycles. The van der Waals surface area contributed by atoms with Crippen LogP contribution in [0.15, 0.2) is 24.3 Å². The van der Waals surface area contributed by atoms with Crippen molar-refractivity contribution >= 4 is 12.0 Å². The van der Waals surface area contributed by atoms with Crippen LogP contribution in [0, 0.1) is 17.6 Å². The van der Waals surface area contributed by atoms with Crippen molar-refractivity contribution in [3.05, 3.63) is 41.5 Å². The summed E-state index contributed by atoms with van der Waals surface area (Å²) in [4.78, 5) is 13.0. The molecule has 0 radical (unpaired) electrons. The maximum Gasteiger partial charge on any atom is 0.401 e. The summed E-state index contributed by atoms with van der Waals surface area (Å²) in [5.74, 6) is -2.18. The molecule has 0 aliphatic carbocycles. The Morgan fingerprint density at radius 2 is 1.96 bits per heavy atom. The minimum absolute atomic E-state index is 0.0742. The Bertz CT molecular complexity index is 595. The van der Waals surface area contributed by atoms with Crippen molar-refractivity contribution in [3.8, 4) is 0 Å². The maximum atomic E-state index is 13.4. The molecule has 1 aromatic rings. The quantitative estimate of drug-likeness (QED) is 0.655. The van der Waals surface area contributed by atoms with Gasteiger partial charge in [-0.05, 0) is 37.1 Å². The SMILES string of the molecule is O=C(/C=C/c1c(F)cccc1F)NC[C@@H]1CCN(CC(F)(F)F)C1. The predicted octanol–water partition coefficient (Wildman–Crippen LogP) is 2.98. The highest BCUT2D eigenvalue weighted by molar-refractivity contribution is 5.91. The van der Waals surface area contributed by atoms with Crippen molar-refractivity contribution in [3.63, 3.8) is 0 Å². The molecule has 132 valence electrons. The van der Waals surface area contributed by atoms with Gasteiger partial charge in [0.05, 0.1) is 6.54 Å². The Labute approximate surface area is 136 Å². The molecule has 0 aromatic heterocycles. The van der Waals surface area contributed by atoms with Crippen molar-refractivity contribution in [1.82, 2.24) is 10.2 Å². The van der Waals surface area contributed by atoms with Gasteiger partial charge in [0.25, 0.3) is 0 Å². The van der Waals surface area contributed by atoms with Crippen molar-refractivity contribution in [2.24, 2.45) is 5.92 Å². The van der Waals surface area contributed by atoms with Crippen LogP contribution in [0.5, 0.6) is 0 Å². The van der Waals surface area contributed by atoms with E-state index in [4.69, 9.17) is 0 Å². The molecule has 0 spiro atoms. The molecular formula is C16H17F5N2O. The molecule has 0 unspecified atom stereocenters. The lowest BCUT2D eigenvalue weighted by Gasteiger charge is -2.17. The van der Waals surface area contributed by atoms with E-state index in [1.165, 1.54) is 11.0 Å². The molecule has 0 bridgehead atoms. The first kappa shape index (κ1) is 18.4. The molecule has 1 amide bonds. The molecular weight excluding hydrogens is 331 g/mol. The first-order valence-corrected chi connectivity index (χ1v) is 7.43. The number of hydrogen-bond acceptors (Lipinski definition) is 2. The van der Waals surface area contributed by atoms with E-state index in [0.29, 0.717) is 13.0 Å². The van der Waals surface area contributed by atoms with Crippen LogP contribution < -0.4 is 5.32 Å². The summed E-state index contributed by atoms with van der Waals surface area (Å²) in [6.45, 7) is -0.150. The van der Waals surface area contributed by atoms with E-state index in [1.54, 1.807) is 0 Å². The molecule has 1 aromatic carbocycles. The Kier molecular flexibility index (Phi) is 5.93. The average molecular weight is 348 g/mol. The molecule has 1 saturated heterocycles.